The molecule has 166 valence electrons. The number of para-hydroxylation sites is 1. The number of halogens is 3. The Bertz CT molecular complexity index is 1110. The predicted molar refractivity (Wildman–Crippen MR) is 116 cm³/mol. The summed E-state index contributed by atoms with van der Waals surface area (Å²) in [4.78, 5) is 36.8. The first kappa shape index (κ1) is 23.0. The van der Waals surface area contributed by atoms with Crippen molar-refractivity contribution in [1.82, 2.24) is 5.32 Å². The van der Waals surface area contributed by atoms with Gasteiger partial charge in [0.2, 0.25) is 5.91 Å². The van der Waals surface area contributed by atoms with E-state index in [9.17, 15) is 27.6 Å². The third-order valence-electron chi connectivity index (χ3n) is 4.31. The summed E-state index contributed by atoms with van der Waals surface area (Å²) < 4.78 is 38.6. The minimum atomic E-state index is -4.54. The van der Waals surface area contributed by atoms with Gasteiger partial charge in [-0.2, -0.15) is 24.5 Å². The first-order valence-corrected chi connectivity index (χ1v) is 10.4. The van der Waals surface area contributed by atoms with Crippen LogP contribution in [0, 0.1) is 0 Å². The van der Waals surface area contributed by atoms with Crippen molar-refractivity contribution in [3.8, 4) is 0 Å². The largest absolute Gasteiger partial charge is 0.416 e. The van der Waals surface area contributed by atoms with Crippen LogP contribution in [0.4, 0.5) is 24.5 Å². The second kappa shape index (κ2) is 10.1. The average Bonchev–Trinajstić information content (AvgIpc) is 3.29. The highest BCUT2D eigenvalue weighted by Gasteiger charge is 2.30. The van der Waals surface area contributed by atoms with Gasteiger partial charge in [-0.3, -0.25) is 14.4 Å². The van der Waals surface area contributed by atoms with E-state index in [4.69, 9.17) is 0 Å². The lowest BCUT2D eigenvalue weighted by Crippen LogP contribution is -2.27. The van der Waals surface area contributed by atoms with Crippen molar-refractivity contribution in [2.24, 2.45) is 0 Å². The quantitative estimate of drug-likeness (QED) is 0.473. The van der Waals surface area contributed by atoms with Gasteiger partial charge in [-0.25, -0.2) is 0 Å². The number of carbonyl (C=O) groups is 3. The SMILES string of the molecule is O=C(CCNC(=O)c1ccsc1)Nc1ccccc1C(=O)Nc1cccc(C(F)(F)F)c1. The number of hydrogen-bond donors (Lipinski definition) is 3. The fraction of sp³-hybridized carbons (Fsp3) is 0.136. The molecule has 3 amide bonds. The molecule has 0 aliphatic heterocycles. The molecule has 0 radical (unpaired) electrons. The molecule has 1 aromatic heterocycles. The van der Waals surface area contributed by atoms with Crippen LogP contribution in [-0.2, 0) is 11.0 Å². The molecule has 0 unspecified atom stereocenters. The Labute approximate surface area is 185 Å². The molecule has 0 atom stereocenters. The van der Waals surface area contributed by atoms with E-state index in [1.165, 1.54) is 35.6 Å². The normalized spacial score (nSPS) is 11.0. The standard InChI is InChI=1S/C22H18F3N3O3S/c23-22(24,25)15-4-3-5-16(12-15)27-21(31)17-6-1-2-7-18(17)28-19(29)8-10-26-20(30)14-9-11-32-13-14/h1-7,9,11-13H,8,10H2,(H,26,30)(H,27,31)(H,28,29). The maximum absolute atomic E-state index is 12.9. The van der Waals surface area contributed by atoms with Gasteiger partial charge < -0.3 is 16.0 Å². The monoisotopic (exact) mass is 461 g/mol. The van der Waals surface area contributed by atoms with Crippen molar-refractivity contribution in [1.29, 1.82) is 0 Å². The van der Waals surface area contributed by atoms with E-state index < -0.39 is 23.6 Å². The summed E-state index contributed by atoms with van der Waals surface area (Å²) in [6.45, 7) is 0.0963. The fourth-order valence-corrected chi connectivity index (χ4v) is 3.40. The highest BCUT2D eigenvalue weighted by molar-refractivity contribution is 7.08. The van der Waals surface area contributed by atoms with Gasteiger partial charge in [0.05, 0.1) is 16.8 Å². The molecule has 0 aliphatic carbocycles. The molecule has 0 fully saturated rings. The Morgan fingerprint density at radius 1 is 0.906 bits per heavy atom. The number of nitrogens with one attached hydrogen (secondary N) is 3. The Balaban J connectivity index is 1.61. The third-order valence-corrected chi connectivity index (χ3v) is 5.00. The van der Waals surface area contributed by atoms with Crippen LogP contribution in [-0.4, -0.2) is 24.3 Å². The zero-order chi connectivity index (χ0) is 23.1. The van der Waals surface area contributed by atoms with Crippen molar-refractivity contribution < 1.29 is 27.6 Å². The van der Waals surface area contributed by atoms with E-state index in [1.807, 2.05) is 0 Å². The van der Waals surface area contributed by atoms with Crippen molar-refractivity contribution >= 4 is 40.4 Å². The van der Waals surface area contributed by atoms with Gasteiger partial charge in [0, 0.05) is 29.6 Å². The van der Waals surface area contributed by atoms with E-state index in [1.54, 1.807) is 29.0 Å². The molecule has 3 N–H and O–H groups in total. The summed E-state index contributed by atoms with van der Waals surface area (Å²) >= 11 is 1.38. The molecule has 1 heterocycles. The van der Waals surface area contributed by atoms with E-state index in [2.05, 4.69) is 16.0 Å². The average molecular weight is 461 g/mol. The summed E-state index contributed by atoms with van der Waals surface area (Å²) in [7, 11) is 0. The molecule has 2 aromatic carbocycles. The van der Waals surface area contributed by atoms with Crippen LogP contribution in [0.1, 0.15) is 32.7 Å². The lowest BCUT2D eigenvalue weighted by atomic mass is 10.1. The predicted octanol–water partition coefficient (Wildman–Crippen LogP) is 4.78. The van der Waals surface area contributed by atoms with Gasteiger partial charge in [-0.1, -0.05) is 18.2 Å². The zero-order valence-electron chi connectivity index (χ0n) is 16.5. The van der Waals surface area contributed by atoms with Gasteiger partial charge in [-0.05, 0) is 41.8 Å². The van der Waals surface area contributed by atoms with E-state index >= 15 is 0 Å². The number of hydrogen-bond acceptors (Lipinski definition) is 4. The van der Waals surface area contributed by atoms with Gasteiger partial charge >= 0.3 is 6.18 Å². The first-order valence-electron chi connectivity index (χ1n) is 9.42. The summed E-state index contributed by atoms with van der Waals surface area (Å²) in [5, 5.41) is 11.1. The second-order valence-corrected chi connectivity index (χ2v) is 7.42. The van der Waals surface area contributed by atoms with Gasteiger partial charge in [-0.15, -0.1) is 0 Å². The lowest BCUT2D eigenvalue weighted by molar-refractivity contribution is -0.137. The highest BCUT2D eigenvalue weighted by Crippen LogP contribution is 2.31. The number of carbonyl (C=O) groups excluding carboxylic acids is 3. The van der Waals surface area contributed by atoms with Gasteiger partial charge in [0.25, 0.3) is 11.8 Å². The molecular weight excluding hydrogens is 443 g/mol. The Morgan fingerprint density at radius 3 is 2.41 bits per heavy atom. The van der Waals surface area contributed by atoms with Crippen LogP contribution < -0.4 is 16.0 Å². The summed E-state index contributed by atoms with van der Waals surface area (Å²) in [6.07, 6.45) is -4.56. The molecule has 3 rings (SSSR count). The van der Waals surface area contributed by atoms with Crippen LogP contribution in [0.5, 0.6) is 0 Å². The number of alkyl halides is 3. The molecular formula is C22H18F3N3O3S. The van der Waals surface area contributed by atoms with Crippen LogP contribution in [0.3, 0.4) is 0 Å². The summed E-state index contributed by atoms with van der Waals surface area (Å²) in [5.41, 5.74) is -0.123. The van der Waals surface area contributed by atoms with E-state index in [0.29, 0.717) is 5.56 Å². The Hall–Kier alpha value is -3.66. The van der Waals surface area contributed by atoms with Crippen LogP contribution in [0.15, 0.2) is 65.4 Å². The fourth-order valence-electron chi connectivity index (χ4n) is 2.76. The highest BCUT2D eigenvalue weighted by atomic mass is 32.1. The minimum absolute atomic E-state index is 0.0258. The molecule has 10 heteroatoms. The van der Waals surface area contributed by atoms with Crippen molar-refractivity contribution in [3.63, 3.8) is 0 Å². The number of thiophene rings is 1. The van der Waals surface area contributed by atoms with Crippen molar-refractivity contribution in [3.05, 3.63) is 82.0 Å². The molecule has 0 saturated heterocycles. The van der Waals surface area contributed by atoms with Gasteiger partial charge in [0.15, 0.2) is 0 Å². The van der Waals surface area contributed by atoms with Crippen LogP contribution in [0.2, 0.25) is 0 Å². The Morgan fingerprint density at radius 2 is 1.69 bits per heavy atom. The molecule has 0 aliphatic rings. The van der Waals surface area contributed by atoms with Crippen molar-refractivity contribution in [2.45, 2.75) is 12.6 Å². The molecule has 6 nitrogen and oxygen atoms in total. The lowest BCUT2D eigenvalue weighted by Gasteiger charge is -2.13. The number of benzene rings is 2. The minimum Gasteiger partial charge on any atom is -0.351 e. The number of amides is 3. The molecule has 3 aromatic rings. The smallest absolute Gasteiger partial charge is 0.351 e. The van der Waals surface area contributed by atoms with E-state index in [-0.39, 0.29) is 35.8 Å². The maximum Gasteiger partial charge on any atom is 0.416 e. The molecule has 0 bridgehead atoms. The Kier molecular flexibility index (Phi) is 7.26. The summed E-state index contributed by atoms with van der Waals surface area (Å²) in [5.74, 6) is -1.40. The zero-order valence-corrected chi connectivity index (χ0v) is 17.3. The number of rotatable bonds is 7. The topological polar surface area (TPSA) is 87.3 Å². The molecule has 0 saturated carbocycles. The van der Waals surface area contributed by atoms with Crippen LogP contribution >= 0.6 is 11.3 Å². The first-order chi connectivity index (χ1) is 15.2. The maximum atomic E-state index is 12.9. The molecule has 32 heavy (non-hydrogen) atoms. The third kappa shape index (κ3) is 6.17. The summed E-state index contributed by atoms with van der Waals surface area (Å²) in [6, 6.07) is 12.0. The molecule has 0 spiro atoms. The number of anilines is 2. The second-order valence-electron chi connectivity index (χ2n) is 6.64. The van der Waals surface area contributed by atoms with Crippen LogP contribution in [0.25, 0.3) is 0 Å². The van der Waals surface area contributed by atoms with Crippen molar-refractivity contribution in [2.75, 3.05) is 17.2 Å². The van der Waals surface area contributed by atoms with Gasteiger partial charge in [0.1, 0.15) is 0 Å². The van der Waals surface area contributed by atoms with E-state index in [0.717, 1.165) is 12.1 Å².